The Labute approximate surface area is 403 Å². The molecule has 14 aromatic rings. The first-order valence-electron chi connectivity index (χ1n) is 23.8. The number of hydrogen-bond acceptors (Lipinski definition) is 3. The molecule has 0 aliphatic rings. The van der Waals surface area contributed by atoms with Crippen LogP contribution in [0.5, 0.6) is 0 Å². The van der Waals surface area contributed by atoms with Crippen molar-refractivity contribution >= 4 is 65.2 Å². The van der Waals surface area contributed by atoms with E-state index in [4.69, 9.17) is 15.0 Å². The summed E-state index contributed by atoms with van der Waals surface area (Å²) in [6.45, 7) is 0. The van der Waals surface area contributed by atoms with Crippen LogP contribution in [0.15, 0.2) is 249 Å². The Morgan fingerprint density at radius 1 is 0.243 bits per heavy atom. The van der Waals surface area contributed by atoms with Gasteiger partial charge < -0.3 is 9.13 Å². The van der Waals surface area contributed by atoms with E-state index in [1.807, 2.05) is 18.2 Å². The lowest BCUT2D eigenvalue weighted by atomic mass is 9.92. The van der Waals surface area contributed by atoms with Gasteiger partial charge in [-0.15, -0.1) is 0 Å². The van der Waals surface area contributed by atoms with Crippen molar-refractivity contribution in [3.63, 3.8) is 0 Å². The normalized spacial score (nSPS) is 11.7. The molecule has 70 heavy (non-hydrogen) atoms. The van der Waals surface area contributed by atoms with Crippen LogP contribution in [0.3, 0.4) is 0 Å². The minimum atomic E-state index is 0.590. The lowest BCUT2D eigenvalue weighted by Gasteiger charge is -2.21. The van der Waals surface area contributed by atoms with Crippen LogP contribution in [-0.2, 0) is 0 Å². The first-order chi connectivity index (χ1) is 34.7. The molecule has 14 rings (SSSR count). The van der Waals surface area contributed by atoms with Crippen LogP contribution in [0.2, 0.25) is 0 Å². The van der Waals surface area contributed by atoms with Crippen molar-refractivity contribution in [3.8, 4) is 67.8 Å². The zero-order chi connectivity index (χ0) is 46.1. The SMILES string of the molecule is c1ccc(-c2nc(-c3cc(-c4ccccc4)c(-n4c5cc6ccccc6cc5c5cc6ccccc6cc54)c(-c4ccccc4)c3)nc(-c3ccc4c5ccccc5n(-c5ccccc5)c4c3)n2)cc1. The molecular formula is C65H41N5. The third-order valence-electron chi connectivity index (χ3n) is 13.9. The third-order valence-corrected chi connectivity index (χ3v) is 13.9. The lowest BCUT2D eigenvalue weighted by Crippen LogP contribution is -2.04. The summed E-state index contributed by atoms with van der Waals surface area (Å²) < 4.78 is 4.85. The molecule has 0 saturated heterocycles. The molecule has 0 bridgehead atoms. The number of fused-ring (bicyclic) bond motifs is 8. The summed E-state index contributed by atoms with van der Waals surface area (Å²) in [5, 5.41) is 9.59. The summed E-state index contributed by atoms with van der Waals surface area (Å²) in [4.78, 5) is 16.1. The molecule has 5 nitrogen and oxygen atoms in total. The van der Waals surface area contributed by atoms with E-state index >= 15 is 0 Å². The summed E-state index contributed by atoms with van der Waals surface area (Å²) >= 11 is 0. The Morgan fingerprint density at radius 2 is 0.657 bits per heavy atom. The predicted molar refractivity (Wildman–Crippen MR) is 291 cm³/mol. The Hall–Kier alpha value is -9.45. The molecule has 0 amide bonds. The summed E-state index contributed by atoms with van der Waals surface area (Å²) in [6, 6.07) is 89.0. The number of para-hydroxylation sites is 2. The highest BCUT2D eigenvalue weighted by Crippen LogP contribution is 2.45. The minimum Gasteiger partial charge on any atom is -0.309 e. The van der Waals surface area contributed by atoms with E-state index in [9.17, 15) is 0 Å². The van der Waals surface area contributed by atoms with Crippen LogP contribution in [0, 0.1) is 0 Å². The standard InChI is InChI=1S/C65H41N5/c1-5-19-42(20-6-1)54-37-50(38-55(43-21-7-2-8-22-43)62(54)70-60-39-47-27-15-13-25-45(47)35-56(60)57-36-46-26-14-16-28-48(46)40-61(57)70)65-67-63(44-23-9-3-10-24-44)66-64(68-65)49-33-34-53-52-31-17-18-32-58(52)69(59(53)41-49)51-29-11-4-12-30-51/h1-41H. The second-order valence-corrected chi connectivity index (χ2v) is 18.0. The van der Waals surface area contributed by atoms with Crippen molar-refractivity contribution < 1.29 is 0 Å². The molecular weight excluding hydrogens is 851 g/mol. The van der Waals surface area contributed by atoms with Gasteiger partial charge in [-0.05, 0) is 93.3 Å². The number of nitrogens with zero attached hydrogens (tertiary/aromatic N) is 5. The smallest absolute Gasteiger partial charge is 0.164 e. The molecule has 5 heteroatoms. The van der Waals surface area contributed by atoms with Gasteiger partial charge in [-0.2, -0.15) is 0 Å². The first-order valence-corrected chi connectivity index (χ1v) is 23.8. The number of rotatable bonds is 7. The Morgan fingerprint density at radius 3 is 1.21 bits per heavy atom. The highest BCUT2D eigenvalue weighted by Gasteiger charge is 2.24. The zero-order valence-corrected chi connectivity index (χ0v) is 37.9. The van der Waals surface area contributed by atoms with Gasteiger partial charge >= 0.3 is 0 Å². The molecule has 0 aliphatic heterocycles. The average molecular weight is 892 g/mol. The van der Waals surface area contributed by atoms with Gasteiger partial charge in [-0.3, -0.25) is 0 Å². The third kappa shape index (κ3) is 6.51. The maximum atomic E-state index is 5.45. The molecule has 0 radical (unpaired) electrons. The van der Waals surface area contributed by atoms with Crippen molar-refractivity contribution in [2.75, 3.05) is 0 Å². The van der Waals surface area contributed by atoms with Gasteiger partial charge in [0.25, 0.3) is 0 Å². The second kappa shape index (κ2) is 16.1. The van der Waals surface area contributed by atoms with Crippen molar-refractivity contribution in [2.24, 2.45) is 0 Å². The highest BCUT2D eigenvalue weighted by molar-refractivity contribution is 6.18. The Bertz CT molecular complexity index is 4170. The van der Waals surface area contributed by atoms with E-state index < -0.39 is 0 Å². The molecule has 0 unspecified atom stereocenters. The van der Waals surface area contributed by atoms with Crippen LogP contribution in [0.4, 0.5) is 0 Å². The van der Waals surface area contributed by atoms with Crippen LogP contribution < -0.4 is 0 Å². The molecule has 0 spiro atoms. The van der Waals surface area contributed by atoms with Gasteiger partial charge in [0.15, 0.2) is 17.5 Å². The molecule has 3 aromatic heterocycles. The van der Waals surface area contributed by atoms with E-state index in [1.165, 1.54) is 43.1 Å². The summed E-state index contributed by atoms with van der Waals surface area (Å²) in [7, 11) is 0. The van der Waals surface area contributed by atoms with Crippen molar-refractivity contribution in [2.45, 2.75) is 0 Å². The topological polar surface area (TPSA) is 48.5 Å². The van der Waals surface area contributed by atoms with Crippen molar-refractivity contribution in [1.29, 1.82) is 0 Å². The number of benzene rings is 11. The number of hydrogen-bond donors (Lipinski definition) is 0. The van der Waals surface area contributed by atoms with Crippen molar-refractivity contribution in [3.05, 3.63) is 249 Å². The molecule has 0 aliphatic carbocycles. The van der Waals surface area contributed by atoms with E-state index in [1.54, 1.807) is 0 Å². The second-order valence-electron chi connectivity index (χ2n) is 18.0. The fourth-order valence-electron chi connectivity index (χ4n) is 10.6. The van der Waals surface area contributed by atoms with Gasteiger partial charge in [-0.1, -0.05) is 188 Å². The van der Waals surface area contributed by atoms with Crippen molar-refractivity contribution in [1.82, 2.24) is 24.1 Å². The van der Waals surface area contributed by atoms with Gasteiger partial charge in [-0.25, -0.2) is 15.0 Å². The van der Waals surface area contributed by atoms with E-state index in [0.29, 0.717) is 17.5 Å². The van der Waals surface area contributed by atoms with Gasteiger partial charge in [0.05, 0.1) is 27.8 Å². The summed E-state index contributed by atoms with van der Waals surface area (Å²) in [5.74, 6) is 1.80. The Balaban J connectivity index is 1.07. The summed E-state index contributed by atoms with van der Waals surface area (Å²) in [6.07, 6.45) is 0. The maximum absolute atomic E-state index is 5.45. The van der Waals surface area contributed by atoms with Crippen LogP contribution in [0.1, 0.15) is 0 Å². The average Bonchev–Trinajstić information content (AvgIpc) is 3.93. The lowest BCUT2D eigenvalue weighted by molar-refractivity contribution is 1.07. The number of aromatic nitrogens is 5. The predicted octanol–water partition coefficient (Wildman–Crippen LogP) is 16.7. The molecule has 11 aromatic carbocycles. The van der Waals surface area contributed by atoms with Crippen LogP contribution in [0.25, 0.3) is 133 Å². The molecule has 0 atom stereocenters. The van der Waals surface area contributed by atoms with Gasteiger partial charge in [0.1, 0.15) is 0 Å². The minimum absolute atomic E-state index is 0.590. The molecule has 326 valence electrons. The van der Waals surface area contributed by atoms with Gasteiger partial charge in [0, 0.05) is 55.0 Å². The molecule has 0 fully saturated rings. The zero-order valence-electron chi connectivity index (χ0n) is 37.9. The largest absolute Gasteiger partial charge is 0.309 e. The molecule has 0 saturated carbocycles. The van der Waals surface area contributed by atoms with E-state index in [-0.39, 0.29) is 0 Å². The van der Waals surface area contributed by atoms with E-state index in [2.05, 4.69) is 240 Å². The maximum Gasteiger partial charge on any atom is 0.164 e. The van der Waals surface area contributed by atoms with Crippen LogP contribution in [-0.4, -0.2) is 24.1 Å². The van der Waals surface area contributed by atoms with E-state index in [0.717, 1.165) is 72.4 Å². The fourth-order valence-corrected chi connectivity index (χ4v) is 10.6. The van der Waals surface area contributed by atoms with Gasteiger partial charge in [0.2, 0.25) is 0 Å². The monoisotopic (exact) mass is 891 g/mol. The first kappa shape index (κ1) is 39.7. The summed E-state index contributed by atoms with van der Waals surface area (Å²) in [5.41, 5.74) is 13.7. The molecule has 0 N–H and O–H groups in total. The Kier molecular flexibility index (Phi) is 9.14. The van der Waals surface area contributed by atoms with Crippen LogP contribution >= 0.6 is 0 Å². The fraction of sp³-hybridized carbons (Fsp3) is 0. The quantitative estimate of drug-likeness (QED) is 0.160. The molecule has 3 heterocycles. The highest BCUT2D eigenvalue weighted by atomic mass is 15.0.